The van der Waals surface area contributed by atoms with E-state index in [1.54, 1.807) is 0 Å². The van der Waals surface area contributed by atoms with Crippen molar-refractivity contribution in [1.82, 2.24) is 0 Å². The second kappa shape index (κ2) is 13.8. The van der Waals surface area contributed by atoms with E-state index in [0.29, 0.717) is 30.4 Å². The zero-order valence-electron chi connectivity index (χ0n) is 18.8. The predicted octanol–water partition coefficient (Wildman–Crippen LogP) is 5.45. The Kier molecular flexibility index (Phi) is 11.0. The molecule has 1 amide bonds. The zero-order valence-corrected chi connectivity index (χ0v) is 18.8. The number of nitrogens with two attached hydrogens (primary N) is 1. The van der Waals surface area contributed by atoms with E-state index in [-0.39, 0.29) is 5.78 Å². The van der Waals surface area contributed by atoms with Crippen molar-refractivity contribution in [3.63, 3.8) is 0 Å². The summed E-state index contributed by atoms with van der Waals surface area (Å²) in [6.45, 7) is 2.21. The van der Waals surface area contributed by atoms with Crippen LogP contribution in [0.25, 0.3) is 0 Å². The number of aliphatic hydroxyl groups excluding tert-OH is 1. The van der Waals surface area contributed by atoms with Gasteiger partial charge in [-0.1, -0.05) is 106 Å². The minimum atomic E-state index is -0.733. The van der Waals surface area contributed by atoms with Gasteiger partial charge in [0.05, 0.1) is 12.0 Å². The number of carbonyl (C=O) groups excluding carboxylic acids is 2. The summed E-state index contributed by atoms with van der Waals surface area (Å²) < 4.78 is 0. The van der Waals surface area contributed by atoms with Crippen molar-refractivity contribution in [2.75, 3.05) is 0 Å². The van der Waals surface area contributed by atoms with Gasteiger partial charge in [-0.2, -0.15) is 0 Å². The van der Waals surface area contributed by atoms with Crippen LogP contribution in [0.1, 0.15) is 86.2 Å². The van der Waals surface area contributed by atoms with Crippen LogP contribution in [0.2, 0.25) is 0 Å². The standard InChI is InChI=1S/C27H37NO3/c1-2-3-4-5-6-7-11-14-24(27(28)31)25(29)20-17-21-15-18-23(19-16-21)26(30)22-12-9-8-10-13-22/h8-10,12-13,15-16,18-19,24-25,29H,2-7,11,14,17,20H2,1H3,(H2,28,31). The first kappa shape index (κ1) is 24.8. The number of carbonyl (C=O) groups is 2. The summed E-state index contributed by atoms with van der Waals surface area (Å²) in [7, 11) is 0. The molecule has 2 rings (SSSR count). The van der Waals surface area contributed by atoms with E-state index in [4.69, 9.17) is 5.73 Å². The Bertz CT molecular complexity index is 786. The number of rotatable bonds is 15. The van der Waals surface area contributed by atoms with Gasteiger partial charge in [0, 0.05) is 11.1 Å². The summed E-state index contributed by atoms with van der Waals surface area (Å²) in [5, 5.41) is 10.5. The minimum Gasteiger partial charge on any atom is -0.392 e. The number of benzene rings is 2. The number of hydrogen-bond acceptors (Lipinski definition) is 3. The topological polar surface area (TPSA) is 80.4 Å². The fourth-order valence-electron chi connectivity index (χ4n) is 3.94. The summed E-state index contributed by atoms with van der Waals surface area (Å²) in [4.78, 5) is 24.3. The molecular weight excluding hydrogens is 386 g/mol. The first-order chi connectivity index (χ1) is 15.0. The van der Waals surface area contributed by atoms with Gasteiger partial charge in [-0.3, -0.25) is 9.59 Å². The highest BCUT2D eigenvalue weighted by Gasteiger charge is 2.24. The number of ketones is 1. The normalized spacial score (nSPS) is 13.0. The fourth-order valence-corrected chi connectivity index (χ4v) is 3.94. The molecule has 4 nitrogen and oxygen atoms in total. The molecule has 0 aliphatic rings. The van der Waals surface area contributed by atoms with Crippen molar-refractivity contribution in [1.29, 1.82) is 0 Å². The van der Waals surface area contributed by atoms with Gasteiger partial charge in [-0.25, -0.2) is 0 Å². The summed E-state index contributed by atoms with van der Waals surface area (Å²) >= 11 is 0. The summed E-state index contributed by atoms with van der Waals surface area (Å²) in [5.74, 6) is -0.910. The predicted molar refractivity (Wildman–Crippen MR) is 126 cm³/mol. The van der Waals surface area contributed by atoms with Gasteiger partial charge in [-0.05, 0) is 24.8 Å². The van der Waals surface area contributed by atoms with E-state index < -0.39 is 17.9 Å². The number of aryl methyl sites for hydroxylation is 1. The van der Waals surface area contributed by atoms with Gasteiger partial charge in [0.1, 0.15) is 0 Å². The van der Waals surface area contributed by atoms with E-state index in [1.165, 1.54) is 32.1 Å². The number of primary amides is 1. The molecule has 2 aromatic rings. The Labute approximate surface area is 186 Å². The Morgan fingerprint density at radius 3 is 2.00 bits per heavy atom. The van der Waals surface area contributed by atoms with Crippen molar-refractivity contribution in [3.05, 3.63) is 71.3 Å². The average Bonchev–Trinajstić information content (AvgIpc) is 2.79. The van der Waals surface area contributed by atoms with E-state index >= 15 is 0 Å². The van der Waals surface area contributed by atoms with Crippen LogP contribution in [0.5, 0.6) is 0 Å². The van der Waals surface area contributed by atoms with Gasteiger partial charge in [0.25, 0.3) is 0 Å². The number of aliphatic hydroxyl groups is 1. The molecule has 0 aliphatic carbocycles. The van der Waals surface area contributed by atoms with Crippen molar-refractivity contribution in [3.8, 4) is 0 Å². The molecule has 0 spiro atoms. The van der Waals surface area contributed by atoms with Crippen LogP contribution >= 0.6 is 0 Å². The highest BCUT2D eigenvalue weighted by atomic mass is 16.3. The molecule has 0 radical (unpaired) electrons. The number of unbranched alkanes of at least 4 members (excludes halogenated alkanes) is 6. The first-order valence-electron chi connectivity index (χ1n) is 11.7. The van der Waals surface area contributed by atoms with Gasteiger partial charge in [-0.15, -0.1) is 0 Å². The molecule has 2 atom stereocenters. The van der Waals surface area contributed by atoms with Gasteiger partial charge in [0.15, 0.2) is 5.78 Å². The maximum Gasteiger partial charge on any atom is 0.223 e. The van der Waals surface area contributed by atoms with Gasteiger partial charge >= 0.3 is 0 Å². The molecule has 4 heteroatoms. The molecule has 31 heavy (non-hydrogen) atoms. The second-order valence-electron chi connectivity index (χ2n) is 8.42. The van der Waals surface area contributed by atoms with Crippen molar-refractivity contribution in [2.45, 2.75) is 77.2 Å². The zero-order chi connectivity index (χ0) is 22.5. The fraction of sp³-hybridized carbons (Fsp3) is 0.481. The second-order valence-corrected chi connectivity index (χ2v) is 8.42. The lowest BCUT2D eigenvalue weighted by Crippen LogP contribution is -2.33. The highest BCUT2D eigenvalue weighted by Crippen LogP contribution is 2.20. The lowest BCUT2D eigenvalue weighted by Gasteiger charge is -2.20. The highest BCUT2D eigenvalue weighted by molar-refractivity contribution is 6.08. The average molecular weight is 424 g/mol. The molecule has 2 aromatic carbocycles. The molecule has 0 aliphatic heterocycles. The number of hydrogen-bond donors (Lipinski definition) is 2. The monoisotopic (exact) mass is 423 g/mol. The summed E-state index contributed by atoms with van der Waals surface area (Å²) in [6, 6.07) is 16.7. The molecule has 0 saturated heterocycles. The largest absolute Gasteiger partial charge is 0.392 e. The third-order valence-electron chi connectivity index (χ3n) is 5.93. The van der Waals surface area contributed by atoms with Crippen LogP contribution in [0, 0.1) is 5.92 Å². The van der Waals surface area contributed by atoms with E-state index in [0.717, 1.165) is 18.4 Å². The molecule has 2 unspecified atom stereocenters. The third kappa shape index (κ3) is 8.66. The smallest absolute Gasteiger partial charge is 0.223 e. The first-order valence-corrected chi connectivity index (χ1v) is 11.7. The Balaban J connectivity index is 1.79. The third-order valence-corrected chi connectivity index (χ3v) is 5.93. The van der Waals surface area contributed by atoms with E-state index in [1.807, 2.05) is 54.6 Å². The maximum absolute atomic E-state index is 12.5. The van der Waals surface area contributed by atoms with Gasteiger partial charge < -0.3 is 10.8 Å². The molecule has 0 saturated carbocycles. The van der Waals surface area contributed by atoms with E-state index in [2.05, 4.69) is 6.92 Å². The van der Waals surface area contributed by atoms with Crippen LogP contribution < -0.4 is 5.73 Å². The van der Waals surface area contributed by atoms with E-state index in [9.17, 15) is 14.7 Å². The molecule has 3 N–H and O–H groups in total. The summed E-state index contributed by atoms with van der Waals surface area (Å²) in [6.07, 6.45) is 9.25. The lowest BCUT2D eigenvalue weighted by atomic mass is 9.90. The molecule has 0 fully saturated rings. The van der Waals surface area contributed by atoms with Crippen LogP contribution in [-0.4, -0.2) is 22.9 Å². The number of amides is 1. The van der Waals surface area contributed by atoms with Crippen molar-refractivity contribution >= 4 is 11.7 Å². The molecule has 0 bridgehead atoms. The molecule has 0 aromatic heterocycles. The van der Waals surface area contributed by atoms with Crippen LogP contribution in [0.3, 0.4) is 0 Å². The Hall–Kier alpha value is -2.46. The lowest BCUT2D eigenvalue weighted by molar-refractivity contribution is -0.125. The molecular formula is C27H37NO3. The molecule has 0 heterocycles. The molecule has 168 valence electrons. The Morgan fingerprint density at radius 1 is 0.806 bits per heavy atom. The summed E-state index contributed by atoms with van der Waals surface area (Å²) in [5.41, 5.74) is 7.90. The maximum atomic E-state index is 12.5. The quantitative estimate of drug-likeness (QED) is 0.295. The minimum absolute atomic E-state index is 0.00401. The van der Waals surface area contributed by atoms with Gasteiger partial charge in [0.2, 0.25) is 5.91 Å². The Morgan fingerprint density at radius 2 is 1.39 bits per heavy atom. The van der Waals surface area contributed by atoms with Crippen LogP contribution in [-0.2, 0) is 11.2 Å². The SMILES string of the molecule is CCCCCCCCCC(C(N)=O)C(O)CCc1ccc(C(=O)c2ccccc2)cc1. The van der Waals surface area contributed by atoms with Crippen molar-refractivity contribution < 1.29 is 14.7 Å². The van der Waals surface area contributed by atoms with Crippen molar-refractivity contribution in [2.24, 2.45) is 11.7 Å². The van der Waals surface area contributed by atoms with Crippen LogP contribution in [0.4, 0.5) is 0 Å². The van der Waals surface area contributed by atoms with Crippen LogP contribution in [0.15, 0.2) is 54.6 Å².